The number of nitrogens with one attached hydrogen (secondary N) is 1. The van der Waals surface area contributed by atoms with Gasteiger partial charge in [0.15, 0.2) is 5.82 Å². The molecule has 7 heteroatoms. The first-order chi connectivity index (χ1) is 9.79. The Labute approximate surface area is 131 Å². The van der Waals surface area contributed by atoms with E-state index in [2.05, 4.69) is 10.3 Å². The van der Waals surface area contributed by atoms with Crippen molar-refractivity contribution in [2.24, 2.45) is 5.73 Å². The molecule has 0 radical (unpaired) electrons. The van der Waals surface area contributed by atoms with Crippen molar-refractivity contribution < 1.29 is 8.78 Å². The quantitative estimate of drug-likeness (QED) is 0.836. The zero-order chi connectivity index (χ0) is 15.7. The third-order valence-electron chi connectivity index (χ3n) is 2.84. The lowest BCUT2D eigenvalue weighted by atomic mass is 10.1. The Morgan fingerprint density at radius 1 is 1.29 bits per heavy atom. The van der Waals surface area contributed by atoms with Gasteiger partial charge in [0.2, 0.25) is 0 Å². The highest BCUT2D eigenvalue weighted by Crippen LogP contribution is 2.31. The predicted octanol–water partition coefficient (Wildman–Crippen LogP) is 4.01. The van der Waals surface area contributed by atoms with Crippen LogP contribution in [0.3, 0.4) is 0 Å². The molecule has 0 aliphatic heterocycles. The molecule has 2 aromatic rings. The largest absolute Gasteiger partial charge is 0.389 e. The predicted molar refractivity (Wildman–Crippen MR) is 84.2 cm³/mol. The molecule has 0 fully saturated rings. The standard InChI is InChI=1S/C14H12ClF2N3S/c1-6-3-7(2)19-14(11(6)13(18)21)20-12-9(15)4-8(16)5-10(12)17/h3-5H,1-2H3,(H2,18,21)(H,19,20). The molecule has 0 bridgehead atoms. The van der Waals surface area contributed by atoms with Crippen molar-refractivity contribution in [1.29, 1.82) is 0 Å². The van der Waals surface area contributed by atoms with Crippen molar-refractivity contribution in [3.05, 3.63) is 51.7 Å². The maximum Gasteiger partial charge on any atom is 0.151 e. The zero-order valence-electron chi connectivity index (χ0n) is 11.3. The lowest BCUT2D eigenvalue weighted by molar-refractivity contribution is 0.586. The molecular formula is C14H12ClF2N3S. The number of thiocarbonyl (C=S) groups is 1. The van der Waals surface area contributed by atoms with Crippen LogP contribution in [0.5, 0.6) is 0 Å². The molecule has 0 aliphatic carbocycles. The van der Waals surface area contributed by atoms with Gasteiger partial charge < -0.3 is 11.1 Å². The van der Waals surface area contributed by atoms with Crippen LogP contribution in [0.4, 0.5) is 20.3 Å². The number of rotatable bonds is 3. The Hall–Kier alpha value is -1.79. The van der Waals surface area contributed by atoms with Crippen molar-refractivity contribution in [2.45, 2.75) is 13.8 Å². The van der Waals surface area contributed by atoms with Gasteiger partial charge in [0.05, 0.1) is 16.3 Å². The van der Waals surface area contributed by atoms with E-state index in [0.29, 0.717) is 11.3 Å². The van der Waals surface area contributed by atoms with Crippen LogP contribution in [0.1, 0.15) is 16.8 Å². The summed E-state index contributed by atoms with van der Waals surface area (Å²) >= 11 is 10.9. The van der Waals surface area contributed by atoms with Gasteiger partial charge in [-0.05, 0) is 31.5 Å². The number of anilines is 2. The van der Waals surface area contributed by atoms with Crippen LogP contribution >= 0.6 is 23.8 Å². The molecular weight excluding hydrogens is 316 g/mol. The second-order valence-electron chi connectivity index (χ2n) is 4.54. The normalized spacial score (nSPS) is 10.5. The molecule has 0 amide bonds. The number of halogens is 3. The maximum absolute atomic E-state index is 13.9. The Kier molecular flexibility index (Phi) is 4.39. The third-order valence-corrected chi connectivity index (χ3v) is 3.34. The zero-order valence-corrected chi connectivity index (χ0v) is 12.9. The van der Waals surface area contributed by atoms with Crippen LogP contribution in [0.15, 0.2) is 18.2 Å². The number of aryl methyl sites for hydroxylation is 2. The van der Waals surface area contributed by atoms with E-state index >= 15 is 0 Å². The molecule has 110 valence electrons. The van der Waals surface area contributed by atoms with Gasteiger partial charge in [-0.2, -0.15) is 0 Å². The van der Waals surface area contributed by atoms with Gasteiger partial charge in [0.25, 0.3) is 0 Å². The summed E-state index contributed by atoms with van der Waals surface area (Å²) in [5.41, 5.74) is 7.61. The van der Waals surface area contributed by atoms with Crippen LogP contribution in [0.2, 0.25) is 5.02 Å². The fourth-order valence-electron chi connectivity index (χ4n) is 2.02. The van der Waals surface area contributed by atoms with Crippen molar-refractivity contribution in [1.82, 2.24) is 4.98 Å². The van der Waals surface area contributed by atoms with Gasteiger partial charge in [-0.1, -0.05) is 23.8 Å². The summed E-state index contributed by atoms with van der Waals surface area (Å²) in [6.45, 7) is 3.60. The van der Waals surface area contributed by atoms with Crippen molar-refractivity contribution in [2.75, 3.05) is 5.32 Å². The molecule has 1 aromatic carbocycles. The lowest BCUT2D eigenvalue weighted by Crippen LogP contribution is -2.16. The summed E-state index contributed by atoms with van der Waals surface area (Å²) in [7, 11) is 0. The molecule has 0 saturated heterocycles. The van der Waals surface area contributed by atoms with Gasteiger partial charge in [-0.3, -0.25) is 0 Å². The summed E-state index contributed by atoms with van der Waals surface area (Å²) in [6, 6.07) is 3.55. The molecule has 0 saturated carbocycles. The second kappa shape index (κ2) is 5.91. The molecule has 3 N–H and O–H groups in total. The highest BCUT2D eigenvalue weighted by atomic mass is 35.5. The van der Waals surface area contributed by atoms with Crippen LogP contribution in [0.25, 0.3) is 0 Å². The lowest BCUT2D eigenvalue weighted by Gasteiger charge is -2.15. The van der Waals surface area contributed by atoms with E-state index in [9.17, 15) is 8.78 Å². The average molecular weight is 328 g/mol. The van der Waals surface area contributed by atoms with E-state index < -0.39 is 11.6 Å². The molecule has 1 heterocycles. The number of hydrogen-bond acceptors (Lipinski definition) is 3. The monoisotopic (exact) mass is 327 g/mol. The maximum atomic E-state index is 13.9. The number of nitrogens with zero attached hydrogens (tertiary/aromatic N) is 1. The van der Waals surface area contributed by atoms with E-state index in [4.69, 9.17) is 29.6 Å². The van der Waals surface area contributed by atoms with Gasteiger partial charge in [-0.15, -0.1) is 0 Å². The number of hydrogen-bond donors (Lipinski definition) is 2. The van der Waals surface area contributed by atoms with Gasteiger partial charge in [-0.25, -0.2) is 13.8 Å². The van der Waals surface area contributed by atoms with Gasteiger partial charge in [0, 0.05) is 11.8 Å². The van der Waals surface area contributed by atoms with E-state index in [0.717, 1.165) is 17.7 Å². The first kappa shape index (κ1) is 15.6. The minimum atomic E-state index is -0.824. The van der Waals surface area contributed by atoms with Crippen molar-refractivity contribution >= 4 is 40.3 Å². The Bertz CT molecular complexity index is 711. The van der Waals surface area contributed by atoms with E-state index in [1.165, 1.54) is 0 Å². The third kappa shape index (κ3) is 3.28. The summed E-state index contributed by atoms with van der Waals surface area (Å²) in [5, 5.41) is 2.65. The van der Waals surface area contributed by atoms with Crippen LogP contribution in [0, 0.1) is 25.5 Å². The number of pyridine rings is 1. The molecule has 2 rings (SSSR count). The highest BCUT2D eigenvalue weighted by molar-refractivity contribution is 7.80. The Morgan fingerprint density at radius 3 is 2.52 bits per heavy atom. The van der Waals surface area contributed by atoms with E-state index in [1.807, 2.05) is 13.0 Å². The van der Waals surface area contributed by atoms with Crippen molar-refractivity contribution in [3.8, 4) is 0 Å². The summed E-state index contributed by atoms with van der Waals surface area (Å²) in [6.07, 6.45) is 0. The molecule has 3 nitrogen and oxygen atoms in total. The van der Waals surface area contributed by atoms with Crippen molar-refractivity contribution in [3.63, 3.8) is 0 Å². The van der Waals surface area contributed by atoms with Gasteiger partial charge in [0.1, 0.15) is 16.6 Å². The number of nitrogens with two attached hydrogens (primary N) is 1. The fraction of sp³-hybridized carbons (Fsp3) is 0.143. The Balaban J connectivity index is 2.57. The number of aromatic nitrogens is 1. The first-order valence-electron chi connectivity index (χ1n) is 5.99. The number of benzene rings is 1. The highest BCUT2D eigenvalue weighted by Gasteiger charge is 2.16. The minimum Gasteiger partial charge on any atom is -0.389 e. The van der Waals surface area contributed by atoms with Crippen LogP contribution in [-0.4, -0.2) is 9.97 Å². The summed E-state index contributed by atoms with van der Waals surface area (Å²) < 4.78 is 26.9. The molecule has 0 aliphatic rings. The molecule has 0 atom stereocenters. The second-order valence-corrected chi connectivity index (χ2v) is 5.38. The first-order valence-corrected chi connectivity index (χ1v) is 6.78. The molecule has 21 heavy (non-hydrogen) atoms. The smallest absolute Gasteiger partial charge is 0.151 e. The molecule has 0 spiro atoms. The average Bonchev–Trinajstić information content (AvgIpc) is 2.32. The van der Waals surface area contributed by atoms with Crippen LogP contribution in [-0.2, 0) is 0 Å². The van der Waals surface area contributed by atoms with Gasteiger partial charge >= 0.3 is 0 Å². The van der Waals surface area contributed by atoms with E-state index in [-0.39, 0.29) is 21.5 Å². The SMILES string of the molecule is Cc1cc(C)c(C(N)=S)c(Nc2c(F)cc(F)cc2Cl)n1. The Morgan fingerprint density at radius 2 is 1.95 bits per heavy atom. The molecule has 1 aromatic heterocycles. The topological polar surface area (TPSA) is 50.9 Å². The van der Waals surface area contributed by atoms with Crippen LogP contribution < -0.4 is 11.1 Å². The minimum absolute atomic E-state index is 0.0759. The summed E-state index contributed by atoms with van der Waals surface area (Å²) in [5.74, 6) is -1.30. The fourth-order valence-corrected chi connectivity index (χ4v) is 2.52. The van der Waals surface area contributed by atoms with E-state index in [1.54, 1.807) is 6.92 Å². The summed E-state index contributed by atoms with van der Waals surface area (Å²) in [4.78, 5) is 4.38. The molecule has 0 unspecified atom stereocenters.